The molecule has 4 aromatic rings. The van der Waals surface area contributed by atoms with Gasteiger partial charge < -0.3 is 14.5 Å². The summed E-state index contributed by atoms with van der Waals surface area (Å²) in [6.07, 6.45) is 2.16. The molecule has 180 valence electrons. The van der Waals surface area contributed by atoms with Crippen molar-refractivity contribution in [3.05, 3.63) is 66.0 Å². The number of ether oxygens (including phenoxy) is 1. The van der Waals surface area contributed by atoms with Crippen LogP contribution in [0.1, 0.15) is 17.7 Å². The van der Waals surface area contributed by atoms with Crippen LogP contribution >= 0.6 is 0 Å². The summed E-state index contributed by atoms with van der Waals surface area (Å²) in [5.41, 5.74) is 4.41. The number of nitrogens with zero attached hydrogens (tertiary/aromatic N) is 4. The van der Waals surface area contributed by atoms with Gasteiger partial charge in [0.05, 0.1) is 34.3 Å². The normalized spacial score (nSPS) is 16.0. The molecule has 0 amide bonds. The Kier molecular flexibility index (Phi) is 6.42. The van der Waals surface area contributed by atoms with Crippen LogP contribution in [-0.4, -0.2) is 54.1 Å². The van der Waals surface area contributed by atoms with Gasteiger partial charge in [0, 0.05) is 24.3 Å². The summed E-state index contributed by atoms with van der Waals surface area (Å²) in [5.74, 6) is 0.666. The number of benzene rings is 2. The molecule has 35 heavy (non-hydrogen) atoms. The molecule has 10 heteroatoms. The fraction of sp³-hybridized carbons (Fsp3) is 0.280. The van der Waals surface area contributed by atoms with Gasteiger partial charge in [-0.25, -0.2) is 13.4 Å². The minimum absolute atomic E-state index is 0.239. The van der Waals surface area contributed by atoms with E-state index in [9.17, 15) is 8.42 Å². The summed E-state index contributed by atoms with van der Waals surface area (Å²) in [6.45, 7) is 3.31. The fourth-order valence-corrected chi connectivity index (χ4v) is 5.54. The predicted molar refractivity (Wildman–Crippen MR) is 130 cm³/mol. The fourth-order valence-electron chi connectivity index (χ4n) is 3.96. The summed E-state index contributed by atoms with van der Waals surface area (Å²) in [5, 5.41) is 11.0. The van der Waals surface area contributed by atoms with Crippen molar-refractivity contribution >= 4 is 9.84 Å². The van der Waals surface area contributed by atoms with Crippen LogP contribution in [0.4, 0.5) is 0 Å². The molecule has 2 aromatic heterocycles. The molecule has 1 N–H and O–H groups in total. The second-order valence-corrected chi connectivity index (χ2v) is 10.6. The Morgan fingerprint density at radius 1 is 1.00 bits per heavy atom. The molecule has 1 fully saturated rings. The molecule has 9 nitrogen and oxygen atoms in total. The van der Waals surface area contributed by atoms with Gasteiger partial charge in [0.25, 0.3) is 5.89 Å². The molecule has 0 bridgehead atoms. The zero-order valence-corrected chi connectivity index (χ0v) is 20.2. The molecule has 0 radical (unpaired) electrons. The standard InChI is InChI=1S/C25H25N5O4S/c1-16-23(25-30-29-24(34-25)19-5-3-17(4-6-19)13-26-2)28-22(14-27-16)18-7-9-20(10-8-18)35(31,32)21-11-12-33-15-21/h3-10,14,21,26H,11-13,15H2,1-2H3. The highest BCUT2D eigenvalue weighted by molar-refractivity contribution is 7.92. The van der Waals surface area contributed by atoms with Crippen LogP contribution in [0.15, 0.2) is 64.0 Å². The molecule has 5 rings (SSSR count). The first-order valence-electron chi connectivity index (χ1n) is 11.3. The second kappa shape index (κ2) is 9.65. The van der Waals surface area contributed by atoms with E-state index in [4.69, 9.17) is 14.1 Å². The largest absolute Gasteiger partial charge is 0.415 e. The number of hydrogen-bond donors (Lipinski definition) is 1. The summed E-state index contributed by atoms with van der Waals surface area (Å²) in [6, 6.07) is 14.6. The average molecular weight is 492 g/mol. The Hall–Kier alpha value is -3.47. The number of rotatable bonds is 7. The number of aryl methyl sites for hydroxylation is 1. The summed E-state index contributed by atoms with van der Waals surface area (Å²) < 4.78 is 36.8. The van der Waals surface area contributed by atoms with Crippen molar-refractivity contribution in [3.63, 3.8) is 0 Å². The predicted octanol–water partition coefficient (Wildman–Crippen LogP) is 3.45. The highest BCUT2D eigenvalue weighted by atomic mass is 32.2. The Bertz CT molecular complexity index is 1430. The van der Waals surface area contributed by atoms with Crippen LogP contribution in [0.25, 0.3) is 34.3 Å². The second-order valence-electron chi connectivity index (χ2n) is 8.38. The lowest BCUT2D eigenvalue weighted by Crippen LogP contribution is -2.21. The molecule has 0 spiro atoms. The van der Waals surface area contributed by atoms with Crippen LogP contribution in [-0.2, 0) is 21.1 Å². The zero-order valence-electron chi connectivity index (χ0n) is 19.4. The number of hydrogen-bond acceptors (Lipinski definition) is 9. The van der Waals surface area contributed by atoms with Crippen LogP contribution < -0.4 is 5.32 Å². The third-order valence-electron chi connectivity index (χ3n) is 5.97. The van der Waals surface area contributed by atoms with Crippen LogP contribution in [0.2, 0.25) is 0 Å². The minimum atomic E-state index is -3.42. The molecule has 1 atom stereocenters. The van der Waals surface area contributed by atoms with E-state index in [1.54, 1.807) is 30.5 Å². The number of aromatic nitrogens is 4. The van der Waals surface area contributed by atoms with Crippen LogP contribution in [0.5, 0.6) is 0 Å². The monoisotopic (exact) mass is 491 g/mol. The maximum Gasteiger partial charge on any atom is 0.268 e. The highest BCUT2D eigenvalue weighted by Crippen LogP contribution is 2.28. The molecule has 1 aliphatic rings. The SMILES string of the molecule is CNCc1ccc(-c2nnc(-c3nc(-c4ccc(S(=O)(=O)C5CCOC5)cc4)cnc3C)o2)cc1. The molecule has 0 saturated carbocycles. The van der Waals surface area contributed by atoms with Crippen molar-refractivity contribution in [1.82, 2.24) is 25.5 Å². The van der Waals surface area contributed by atoms with Gasteiger partial charge in [-0.15, -0.1) is 10.2 Å². The van der Waals surface area contributed by atoms with E-state index in [-0.39, 0.29) is 17.4 Å². The molecule has 3 heterocycles. The van der Waals surface area contributed by atoms with Gasteiger partial charge in [-0.3, -0.25) is 4.98 Å². The van der Waals surface area contributed by atoms with E-state index in [1.165, 1.54) is 0 Å². The molecule has 2 aromatic carbocycles. The first-order valence-corrected chi connectivity index (χ1v) is 12.8. The Balaban J connectivity index is 1.41. The van der Waals surface area contributed by atoms with Crippen molar-refractivity contribution in [2.24, 2.45) is 0 Å². The third kappa shape index (κ3) is 4.72. The van der Waals surface area contributed by atoms with Crippen molar-refractivity contribution in [2.75, 3.05) is 20.3 Å². The van der Waals surface area contributed by atoms with Gasteiger partial charge >= 0.3 is 0 Å². The molecule has 1 unspecified atom stereocenters. The highest BCUT2D eigenvalue weighted by Gasteiger charge is 2.31. The first-order chi connectivity index (χ1) is 17.0. The number of nitrogens with one attached hydrogen (secondary N) is 1. The first kappa shape index (κ1) is 23.3. The molecule has 1 saturated heterocycles. The molecule has 0 aliphatic carbocycles. The van der Waals surface area contributed by atoms with Gasteiger partial charge in [-0.2, -0.15) is 0 Å². The van der Waals surface area contributed by atoms with E-state index < -0.39 is 15.1 Å². The molecular weight excluding hydrogens is 466 g/mol. The smallest absolute Gasteiger partial charge is 0.268 e. The Morgan fingerprint density at radius 2 is 1.71 bits per heavy atom. The maximum atomic E-state index is 12.8. The lowest BCUT2D eigenvalue weighted by molar-refractivity contribution is 0.198. The van der Waals surface area contributed by atoms with Crippen molar-refractivity contribution in [3.8, 4) is 34.3 Å². The third-order valence-corrected chi connectivity index (χ3v) is 8.15. The zero-order chi connectivity index (χ0) is 24.4. The molecule has 1 aliphatic heterocycles. The van der Waals surface area contributed by atoms with Crippen LogP contribution in [0, 0.1) is 6.92 Å². The van der Waals surface area contributed by atoms with Gasteiger partial charge in [-0.05, 0) is 50.2 Å². The average Bonchev–Trinajstić information content (AvgIpc) is 3.59. The van der Waals surface area contributed by atoms with Gasteiger partial charge in [0.15, 0.2) is 9.84 Å². The molecular formula is C25H25N5O4S. The van der Waals surface area contributed by atoms with Crippen molar-refractivity contribution in [2.45, 2.75) is 30.0 Å². The minimum Gasteiger partial charge on any atom is -0.415 e. The van der Waals surface area contributed by atoms with E-state index in [2.05, 4.69) is 20.5 Å². The van der Waals surface area contributed by atoms with E-state index in [0.717, 1.165) is 23.2 Å². The summed E-state index contributed by atoms with van der Waals surface area (Å²) >= 11 is 0. The maximum absolute atomic E-state index is 12.8. The van der Waals surface area contributed by atoms with Crippen LogP contribution in [0.3, 0.4) is 0 Å². The van der Waals surface area contributed by atoms with Crippen molar-refractivity contribution in [1.29, 1.82) is 0 Å². The lowest BCUT2D eigenvalue weighted by atomic mass is 10.1. The van der Waals surface area contributed by atoms with E-state index in [0.29, 0.717) is 36.0 Å². The summed E-state index contributed by atoms with van der Waals surface area (Å²) in [4.78, 5) is 9.42. The Labute approximate surface area is 203 Å². The number of sulfone groups is 1. The van der Waals surface area contributed by atoms with E-state index in [1.807, 2.05) is 38.2 Å². The quantitative estimate of drug-likeness (QED) is 0.414. The van der Waals surface area contributed by atoms with Gasteiger partial charge in [0.1, 0.15) is 5.69 Å². The topological polar surface area (TPSA) is 120 Å². The lowest BCUT2D eigenvalue weighted by Gasteiger charge is -2.10. The Morgan fingerprint density at radius 3 is 2.40 bits per heavy atom. The van der Waals surface area contributed by atoms with E-state index >= 15 is 0 Å². The summed E-state index contributed by atoms with van der Waals surface area (Å²) in [7, 11) is -1.52. The van der Waals surface area contributed by atoms with Gasteiger partial charge in [-0.1, -0.05) is 24.3 Å². The van der Waals surface area contributed by atoms with Crippen molar-refractivity contribution < 1.29 is 17.6 Å². The van der Waals surface area contributed by atoms with Gasteiger partial charge in [0.2, 0.25) is 5.89 Å².